The molecule has 0 aliphatic heterocycles. The fraction of sp³-hybridized carbons (Fsp3) is 0.462. The molecule has 3 nitrogen and oxygen atoms in total. The lowest BCUT2D eigenvalue weighted by atomic mass is 9.96. The van der Waals surface area contributed by atoms with Crippen LogP contribution in [0.4, 0.5) is 4.39 Å². The van der Waals surface area contributed by atoms with E-state index in [9.17, 15) is 9.18 Å². The Hall–Kier alpha value is -1.42. The number of halogens is 1. The molecule has 3 N–H and O–H groups in total. The lowest BCUT2D eigenvalue weighted by Gasteiger charge is -2.30. The van der Waals surface area contributed by atoms with Gasteiger partial charge in [0.1, 0.15) is 5.82 Å². The maximum Gasteiger partial charge on any atom is 0.224 e. The van der Waals surface area contributed by atoms with Crippen molar-refractivity contribution < 1.29 is 9.18 Å². The van der Waals surface area contributed by atoms with Crippen molar-refractivity contribution in [2.24, 2.45) is 5.73 Å². The first-order valence-electron chi connectivity index (χ1n) is 5.63. The van der Waals surface area contributed by atoms with E-state index in [0.717, 1.165) is 0 Å². The van der Waals surface area contributed by atoms with E-state index in [0.29, 0.717) is 5.56 Å². The number of amides is 1. The average molecular weight is 238 g/mol. The molecule has 0 aliphatic carbocycles. The van der Waals surface area contributed by atoms with Crippen LogP contribution in [0.25, 0.3) is 0 Å². The maximum atomic E-state index is 13.3. The molecule has 1 aromatic carbocycles. The van der Waals surface area contributed by atoms with Gasteiger partial charge in [0, 0.05) is 11.6 Å². The zero-order chi connectivity index (χ0) is 13.1. The van der Waals surface area contributed by atoms with Crippen LogP contribution in [0.1, 0.15) is 26.3 Å². The van der Waals surface area contributed by atoms with Crippen molar-refractivity contribution in [2.45, 2.75) is 38.8 Å². The summed E-state index contributed by atoms with van der Waals surface area (Å²) in [5.74, 6) is -0.585. The highest BCUT2D eigenvalue weighted by molar-refractivity contribution is 5.79. The van der Waals surface area contributed by atoms with Gasteiger partial charge in [-0.05, 0) is 32.4 Å². The number of nitrogens with one attached hydrogen (secondary N) is 1. The third-order valence-electron chi connectivity index (χ3n) is 2.91. The summed E-state index contributed by atoms with van der Waals surface area (Å²) in [5.41, 5.74) is 5.65. The minimum Gasteiger partial charge on any atom is -0.349 e. The van der Waals surface area contributed by atoms with Crippen LogP contribution < -0.4 is 11.1 Å². The quantitative estimate of drug-likeness (QED) is 0.837. The van der Waals surface area contributed by atoms with Gasteiger partial charge in [-0.2, -0.15) is 0 Å². The number of hydrogen-bond acceptors (Lipinski definition) is 2. The van der Waals surface area contributed by atoms with Crippen molar-refractivity contribution in [3.05, 3.63) is 35.6 Å². The third kappa shape index (κ3) is 3.82. The standard InChI is InChI=1S/C13H19FN2O/c1-9(15)13(2,3)16-12(17)8-10-6-4-5-7-11(10)14/h4-7,9H,8,15H2,1-3H3,(H,16,17). The van der Waals surface area contributed by atoms with E-state index in [1.807, 2.05) is 20.8 Å². The molecule has 0 radical (unpaired) electrons. The summed E-state index contributed by atoms with van der Waals surface area (Å²) in [6, 6.07) is 6.09. The second-order valence-electron chi connectivity index (χ2n) is 4.83. The molecule has 1 unspecified atom stereocenters. The SMILES string of the molecule is CC(N)C(C)(C)NC(=O)Cc1ccccc1F. The molecule has 1 atom stereocenters. The Morgan fingerprint density at radius 1 is 1.47 bits per heavy atom. The summed E-state index contributed by atoms with van der Waals surface area (Å²) in [5, 5.41) is 2.80. The van der Waals surface area contributed by atoms with Crippen LogP contribution in [0.2, 0.25) is 0 Å². The van der Waals surface area contributed by atoms with Crippen molar-refractivity contribution in [3.8, 4) is 0 Å². The summed E-state index contributed by atoms with van der Waals surface area (Å²) in [7, 11) is 0. The van der Waals surface area contributed by atoms with E-state index in [2.05, 4.69) is 5.32 Å². The van der Waals surface area contributed by atoms with Gasteiger partial charge in [-0.3, -0.25) is 4.79 Å². The van der Waals surface area contributed by atoms with Crippen LogP contribution >= 0.6 is 0 Å². The molecule has 0 saturated carbocycles. The molecule has 0 heterocycles. The van der Waals surface area contributed by atoms with Gasteiger partial charge in [0.15, 0.2) is 0 Å². The molecule has 1 aromatic rings. The molecule has 17 heavy (non-hydrogen) atoms. The van der Waals surface area contributed by atoms with Crippen molar-refractivity contribution >= 4 is 5.91 Å². The van der Waals surface area contributed by atoms with Crippen LogP contribution in [0.15, 0.2) is 24.3 Å². The fourth-order valence-electron chi connectivity index (χ4n) is 1.33. The molecule has 94 valence electrons. The molecule has 0 bridgehead atoms. The average Bonchev–Trinajstić information content (AvgIpc) is 2.20. The van der Waals surface area contributed by atoms with Gasteiger partial charge in [-0.1, -0.05) is 18.2 Å². The molecule has 1 rings (SSSR count). The second-order valence-corrected chi connectivity index (χ2v) is 4.83. The van der Waals surface area contributed by atoms with E-state index >= 15 is 0 Å². The fourth-order valence-corrected chi connectivity index (χ4v) is 1.33. The molecule has 1 amide bonds. The maximum absolute atomic E-state index is 13.3. The summed E-state index contributed by atoms with van der Waals surface area (Å²) < 4.78 is 13.3. The highest BCUT2D eigenvalue weighted by atomic mass is 19.1. The summed E-state index contributed by atoms with van der Waals surface area (Å²) in [4.78, 5) is 11.8. The van der Waals surface area contributed by atoms with Gasteiger partial charge in [0.05, 0.1) is 6.42 Å². The number of carbonyl (C=O) groups excluding carboxylic acids is 1. The van der Waals surface area contributed by atoms with E-state index in [1.165, 1.54) is 6.07 Å². The summed E-state index contributed by atoms with van der Waals surface area (Å²) in [6.07, 6.45) is 0.0306. The third-order valence-corrected chi connectivity index (χ3v) is 2.91. The van der Waals surface area contributed by atoms with Gasteiger partial charge in [-0.25, -0.2) is 4.39 Å². The first-order chi connectivity index (χ1) is 7.83. The lowest BCUT2D eigenvalue weighted by molar-refractivity contribution is -0.122. The number of rotatable bonds is 4. The zero-order valence-corrected chi connectivity index (χ0v) is 10.5. The number of carbonyl (C=O) groups is 1. The Labute approximate surface area is 101 Å². The van der Waals surface area contributed by atoms with Gasteiger partial charge in [0.2, 0.25) is 5.91 Å². The van der Waals surface area contributed by atoms with Crippen LogP contribution in [0, 0.1) is 5.82 Å². The van der Waals surface area contributed by atoms with Gasteiger partial charge in [0.25, 0.3) is 0 Å². The second kappa shape index (κ2) is 5.27. The minimum absolute atomic E-state index is 0.0306. The molecule has 0 fully saturated rings. The Balaban J connectivity index is 2.66. The van der Waals surface area contributed by atoms with Crippen molar-refractivity contribution in [3.63, 3.8) is 0 Å². The molecule has 0 aromatic heterocycles. The van der Waals surface area contributed by atoms with E-state index in [1.54, 1.807) is 18.2 Å². The molecule has 4 heteroatoms. The predicted molar refractivity (Wildman–Crippen MR) is 66.0 cm³/mol. The smallest absolute Gasteiger partial charge is 0.224 e. The van der Waals surface area contributed by atoms with Gasteiger partial charge in [-0.15, -0.1) is 0 Å². The topological polar surface area (TPSA) is 55.1 Å². The van der Waals surface area contributed by atoms with Crippen LogP contribution in [0.5, 0.6) is 0 Å². The molecule has 0 aliphatic rings. The molecular weight excluding hydrogens is 219 g/mol. The Morgan fingerprint density at radius 2 is 2.06 bits per heavy atom. The highest BCUT2D eigenvalue weighted by Gasteiger charge is 2.24. The molecule has 0 spiro atoms. The van der Waals surface area contributed by atoms with Gasteiger partial charge < -0.3 is 11.1 Å². The number of benzene rings is 1. The summed E-state index contributed by atoms with van der Waals surface area (Å²) in [6.45, 7) is 5.51. The lowest BCUT2D eigenvalue weighted by Crippen LogP contribution is -2.54. The Kier molecular flexibility index (Phi) is 4.23. The van der Waals surface area contributed by atoms with Crippen molar-refractivity contribution in [2.75, 3.05) is 0 Å². The zero-order valence-electron chi connectivity index (χ0n) is 10.5. The molecule has 0 saturated heterocycles. The Bertz CT molecular complexity index is 402. The highest BCUT2D eigenvalue weighted by Crippen LogP contribution is 2.10. The van der Waals surface area contributed by atoms with Crippen molar-refractivity contribution in [1.29, 1.82) is 0 Å². The van der Waals surface area contributed by atoms with Crippen LogP contribution in [-0.2, 0) is 11.2 Å². The van der Waals surface area contributed by atoms with Crippen LogP contribution in [-0.4, -0.2) is 17.5 Å². The summed E-state index contributed by atoms with van der Waals surface area (Å²) >= 11 is 0. The Morgan fingerprint density at radius 3 is 2.59 bits per heavy atom. The van der Waals surface area contributed by atoms with Crippen molar-refractivity contribution in [1.82, 2.24) is 5.32 Å². The first kappa shape index (κ1) is 13.6. The number of nitrogens with two attached hydrogens (primary N) is 1. The normalized spacial score (nSPS) is 13.2. The molecular formula is C13H19FN2O. The van der Waals surface area contributed by atoms with E-state index in [4.69, 9.17) is 5.73 Å². The number of hydrogen-bond donors (Lipinski definition) is 2. The van der Waals surface area contributed by atoms with Crippen LogP contribution in [0.3, 0.4) is 0 Å². The van der Waals surface area contributed by atoms with E-state index < -0.39 is 5.54 Å². The van der Waals surface area contributed by atoms with E-state index in [-0.39, 0.29) is 24.2 Å². The monoisotopic (exact) mass is 238 g/mol. The largest absolute Gasteiger partial charge is 0.349 e. The minimum atomic E-state index is -0.498. The predicted octanol–water partition coefficient (Wildman–Crippen LogP) is 1.61. The van der Waals surface area contributed by atoms with Gasteiger partial charge >= 0.3 is 0 Å². The first-order valence-corrected chi connectivity index (χ1v) is 5.63.